The van der Waals surface area contributed by atoms with Gasteiger partial charge in [-0.05, 0) is 5.92 Å². The Morgan fingerprint density at radius 1 is 0.370 bits per heavy atom. The maximum atomic E-state index is 3.92. The van der Waals surface area contributed by atoms with Crippen molar-refractivity contribution in [2.75, 3.05) is 0 Å². The minimum atomic E-state index is 0.958. The summed E-state index contributed by atoms with van der Waals surface area (Å²) < 4.78 is 0. The van der Waals surface area contributed by atoms with Crippen LogP contribution >= 0.6 is 0 Å². The molecule has 0 aromatic rings. The lowest BCUT2D eigenvalue weighted by molar-refractivity contribution is 0.430. The van der Waals surface area contributed by atoms with Crippen molar-refractivity contribution < 1.29 is 0 Å². The Labute approximate surface area is 174 Å². The maximum Gasteiger partial charge on any atom is -0.0443 e. The third-order valence-corrected chi connectivity index (χ3v) is 6.14. The first-order valence-corrected chi connectivity index (χ1v) is 12.9. The first-order chi connectivity index (χ1) is 13.3. The first kappa shape index (κ1) is 27.0. The van der Waals surface area contributed by atoms with E-state index in [4.69, 9.17) is 0 Å². The van der Waals surface area contributed by atoms with Crippen LogP contribution in [0.25, 0.3) is 0 Å². The predicted octanol–water partition coefficient (Wildman–Crippen LogP) is 10.3. The van der Waals surface area contributed by atoms with Crippen LogP contribution < -0.4 is 0 Å². The van der Waals surface area contributed by atoms with Crippen molar-refractivity contribution >= 4 is 0 Å². The van der Waals surface area contributed by atoms with Crippen LogP contribution in [0.3, 0.4) is 0 Å². The Balaban J connectivity index is 3.11. The number of rotatable bonds is 23. The van der Waals surface area contributed by atoms with Gasteiger partial charge in [0.05, 0.1) is 0 Å². The summed E-state index contributed by atoms with van der Waals surface area (Å²) >= 11 is 0. The molecule has 0 saturated heterocycles. The normalized spacial score (nSPS) is 12.6. The quantitative estimate of drug-likeness (QED) is 0.155. The molecule has 0 aromatic carbocycles. The monoisotopic (exact) mass is 378 g/mol. The van der Waals surface area contributed by atoms with Crippen molar-refractivity contribution in [1.82, 2.24) is 0 Å². The molecule has 0 heteroatoms. The number of hydrogen-bond acceptors (Lipinski definition) is 0. The highest BCUT2D eigenvalue weighted by Gasteiger charge is 2.02. The molecule has 1 atom stereocenters. The van der Waals surface area contributed by atoms with Crippen LogP contribution in [0.15, 0.2) is 0 Å². The highest BCUT2D eigenvalue weighted by Crippen LogP contribution is 2.19. The van der Waals surface area contributed by atoms with Crippen LogP contribution in [0.4, 0.5) is 0 Å². The van der Waals surface area contributed by atoms with Crippen molar-refractivity contribution in [3.8, 4) is 0 Å². The largest absolute Gasteiger partial charge is 0.0625 e. The van der Waals surface area contributed by atoms with Crippen LogP contribution in [0.5, 0.6) is 0 Å². The Morgan fingerprint density at radius 3 is 0.852 bits per heavy atom. The molecule has 0 rings (SSSR count). The van der Waals surface area contributed by atoms with Crippen molar-refractivity contribution in [3.63, 3.8) is 0 Å². The summed E-state index contributed by atoms with van der Waals surface area (Å²) in [6, 6.07) is 0. The summed E-state index contributed by atoms with van der Waals surface area (Å²) in [5, 5.41) is 0. The summed E-state index contributed by atoms with van der Waals surface area (Å²) in [5.41, 5.74) is 0. The topological polar surface area (TPSA) is 0 Å². The molecule has 2 radical (unpaired) electrons. The van der Waals surface area contributed by atoms with Crippen LogP contribution in [-0.4, -0.2) is 0 Å². The molecule has 0 heterocycles. The van der Waals surface area contributed by atoms with Gasteiger partial charge in [0.15, 0.2) is 0 Å². The summed E-state index contributed by atoms with van der Waals surface area (Å²) in [6.45, 7) is 10.3. The zero-order valence-electron chi connectivity index (χ0n) is 19.3. The van der Waals surface area contributed by atoms with E-state index >= 15 is 0 Å². The van der Waals surface area contributed by atoms with Crippen molar-refractivity contribution in [3.05, 3.63) is 13.8 Å². The van der Waals surface area contributed by atoms with E-state index in [1.54, 1.807) is 0 Å². The van der Waals surface area contributed by atoms with Gasteiger partial charge in [0.25, 0.3) is 0 Å². The maximum absolute atomic E-state index is 3.92. The summed E-state index contributed by atoms with van der Waals surface area (Å²) in [6.07, 6.45) is 32.6. The molecule has 1 unspecified atom stereocenters. The lowest BCUT2D eigenvalue weighted by Gasteiger charge is -2.11. The van der Waals surface area contributed by atoms with Crippen LogP contribution in [0.2, 0.25) is 0 Å². The molecular formula is C27H54. The van der Waals surface area contributed by atoms with E-state index in [0.29, 0.717) is 0 Å². The highest BCUT2D eigenvalue weighted by molar-refractivity contribution is 4.56. The zero-order valence-corrected chi connectivity index (χ0v) is 19.3. The molecular weight excluding hydrogens is 324 g/mol. The molecule has 0 bridgehead atoms. The average Bonchev–Trinajstić information content (AvgIpc) is 2.67. The zero-order chi connectivity index (χ0) is 19.8. The van der Waals surface area contributed by atoms with Crippen LogP contribution in [0.1, 0.15) is 155 Å². The molecule has 0 aliphatic heterocycles. The van der Waals surface area contributed by atoms with Crippen molar-refractivity contribution in [2.45, 2.75) is 155 Å². The molecule has 0 aromatic heterocycles. The Kier molecular flexibility index (Phi) is 24.0. The molecule has 0 amide bonds. The van der Waals surface area contributed by atoms with Crippen molar-refractivity contribution in [1.29, 1.82) is 0 Å². The fraction of sp³-hybridized carbons (Fsp3) is 0.926. The molecule has 0 spiro atoms. The van der Waals surface area contributed by atoms with E-state index in [1.165, 1.54) is 135 Å². The SMILES string of the molecule is [CH2]CCCCCCCCCCCCCCC(C)CCCCCCCCC[CH2]. The van der Waals surface area contributed by atoms with Gasteiger partial charge in [-0.3, -0.25) is 0 Å². The third kappa shape index (κ3) is 24.0. The second-order valence-electron chi connectivity index (χ2n) is 9.11. The smallest absolute Gasteiger partial charge is 0.0443 e. The van der Waals surface area contributed by atoms with Gasteiger partial charge in [0.2, 0.25) is 0 Å². The Hall–Kier alpha value is 0. The molecule has 27 heavy (non-hydrogen) atoms. The van der Waals surface area contributed by atoms with Crippen LogP contribution in [-0.2, 0) is 0 Å². The average molecular weight is 379 g/mol. The van der Waals surface area contributed by atoms with Gasteiger partial charge in [-0.1, -0.05) is 168 Å². The minimum absolute atomic E-state index is 0.958. The van der Waals surface area contributed by atoms with Crippen molar-refractivity contribution in [2.24, 2.45) is 5.92 Å². The van der Waals surface area contributed by atoms with Crippen LogP contribution in [0, 0.1) is 19.8 Å². The summed E-state index contributed by atoms with van der Waals surface area (Å²) in [7, 11) is 0. The van der Waals surface area contributed by atoms with Gasteiger partial charge in [-0.25, -0.2) is 0 Å². The molecule has 0 N–H and O–H groups in total. The third-order valence-electron chi connectivity index (χ3n) is 6.14. The lowest BCUT2D eigenvalue weighted by Crippen LogP contribution is -1.95. The van der Waals surface area contributed by atoms with E-state index < -0.39 is 0 Å². The van der Waals surface area contributed by atoms with Gasteiger partial charge in [0.1, 0.15) is 0 Å². The molecule has 0 fully saturated rings. The van der Waals surface area contributed by atoms with E-state index in [1.807, 2.05) is 0 Å². The molecule has 0 nitrogen and oxygen atoms in total. The van der Waals surface area contributed by atoms with Gasteiger partial charge in [-0.2, -0.15) is 0 Å². The Bertz CT molecular complexity index is 244. The summed E-state index contributed by atoms with van der Waals surface area (Å²) in [5.74, 6) is 0.958. The standard InChI is InChI=1S/C27H54/c1-4-6-8-10-12-14-15-16-17-18-20-22-24-26-27(3)25-23-21-19-13-11-9-7-5-2/h27H,1-2,4-26H2,3H3. The predicted molar refractivity (Wildman–Crippen MR) is 126 cm³/mol. The van der Waals surface area contributed by atoms with Gasteiger partial charge >= 0.3 is 0 Å². The summed E-state index contributed by atoms with van der Waals surface area (Å²) in [4.78, 5) is 0. The second-order valence-corrected chi connectivity index (χ2v) is 9.11. The first-order valence-electron chi connectivity index (χ1n) is 12.9. The second kappa shape index (κ2) is 24.0. The molecule has 0 saturated carbocycles. The van der Waals surface area contributed by atoms with Gasteiger partial charge < -0.3 is 0 Å². The fourth-order valence-corrected chi connectivity index (χ4v) is 4.14. The minimum Gasteiger partial charge on any atom is -0.0625 e. The number of unbranched alkanes of at least 4 members (excludes halogenated alkanes) is 19. The lowest BCUT2D eigenvalue weighted by atomic mass is 9.95. The fourth-order valence-electron chi connectivity index (χ4n) is 4.14. The van der Waals surface area contributed by atoms with E-state index in [-0.39, 0.29) is 0 Å². The number of hydrogen-bond donors (Lipinski definition) is 0. The van der Waals surface area contributed by atoms with E-state index in [9.17, 15) is 0 Å². The molecule has 0 aliphatic carbocycles. The highest BCUT2D eigenvalue weighted by atomic mass is 14.1. The van der Waals surface area contributed by atoms with Gasteiger partial charge in [0, 0.05) is 0 Å². The van der Waals surface area contributed by atoms with E-state index in [0.717, 1.165) is 18.8 Å². The van der Waals surface area contributed by atoms with Gasteiger partial charge in [-0.15, -0.1) is 0 Å². The molecule has 0 aliphatic rings. The molecule has 162 valence electrons. The van der Waals surface area contributed by atoms with E-state index in [2.05, 4.69) is 20.8 Å². The Morgan fingerprint density at radius 2 is 0.593 bits per heavy atom.